The average molecular weight is 356 g/mol. The molecule has 1 aliphatic carbocycles. The number of nitrogens with two attached hydrogens (primary N) is 1. The van der Waals surface area contributed by atoms with Gasteiger partial charge in [0.2, 0.25) is 5.91 Å². The van der Waals surface area contributed by atoms with E-state index in [1.54, 1.807) is 0 Å². The molecule has 1 aromatic carbocycles. The number of amides is 4. The van der Waals surface area contributed by atoms with Crippen LogP contribution < -0.4 is 11.1 Å². The number of benzene rings is 1. The molecular weight excluding hydrogens is 332 g/mol. The van der Waals surface area contributed by atoms with Gasteiger partial charge >= 0.3 is 6.03 Å². The maximum Gasteiger partial charge on any atom is 0.325 e. The van der Waals surface area contributed by atoms with E-state index in [9.17, 15) is 14.4 Å². The normalized spacial score (nSPS) is 24.8. The third-order valence-corrected chi connectivity index (χ3v) is 5.97. The van der Waals surface area contributed by atoms with Gasteiger partial charge in [0.1, 0.15) is 11.6 Å². The summed E-state index contributed by atoms with van der Waals surface area (Å²) in [4.78, 5) is 40.4. The quantitative estimate of drug-likeness (QED) is 0.785. The first kappa shape index (κ1) is 17.0. The van der Waals surface area contributed by atoms with Gasteiger partial charge in [0.05, 0.1) is 0 Å². The van der Waals surface area contributed by atoms with Crippen molar-refractivity contribution in [2.45, 2.75) is 43.7 Å². The maximum atomic E-state index is 12.8. The van der Waals surface area contributed by atoms with E-state index in [-0.39, 0.29) is 18.5 Å². The van der Waals surface area contributed by atoms with Crippen LogP contribution in [0.25, 0.3) is 0 Å². The number of carbonyl (C=O) groups excluding carboxylic acids is 3. The predicted molar refractivity (Wildman–Crippen MR) is 95.1 cm³/mol. The third-order valence-electron chi connectivity index (χ3n) is 5.97. The van der Waals surface area contributed by atoms with Crippen molar-refractivity contribution >= 4 is 17.8 Å². The van der Waals surface area contributed by atoms with Gasteiger partial charge in [-0.15, -0.1) is 0 Å². The van der Waals surface area contributed by atoms with Gasteiger partial charge in [-0.05, 0) is 30.4 Å². The van der Waals surface area contributed by atoms with Gasteiger partial charge in [-0.2, -0.15) is 0 Å². The average Bonchev–Trinajstić information content (AvgIpc) is 3.18. The molecule has 3 N–H and O–H groups in total. The van der Waals surface area contributed by atoms with Crippen LogP contribution in [0.15, 0.2) is 24.3 Å². The number of hydrogen-bond acceptors (Lipinski definition) is 4. The zero-order chi connectivity index (χ0) is 18.3. The van der Waals surface area contributed by atoms with Gasteiger partial charge in [-0.25, -0.2) is 4.79 Å². The molecule has 3 aliphatic rings. The van der Waals surface area contributed by atoms with Crippen molar-refractivity contribution in [2.75, 3.05) is 19.6 Å². The number of primary amides is 1. The van der Waals surface area contributed by atoms with Crippen LogP contribution in [0.5, 0.6) is 0 Å². The first-order valence-corrected chi connectivity index (χ1v) is 9.27. The SMILES string of the molecule is NC(=O)C1c2ccccc2CCN1CCN1C(=O)NC2(CCCC2)C1=O. The molecule has 138 valence electrons. The van der Waals surface area contributed by atoms with Crippen molar-refractivity contribution in [1.29, 1.82) is 0 Å². The fourth-order valence-corrected chi connectivity index (χ4v) is 4.62. The van der Waals surface area contributed by atoms with E-state index in [1.165, 1.54) is 4.90 Å². The van der Waals surface area contributed by atoms with Crippen molar-refractivity contribution in [3.8, 4) is 0 Å². The number of hydrogen-bond donors (Lipinski definition) is 2. The maximum absolute atomic E-state index is 12.8. The molecule has 1 unspecified atom stereocenters. The van der Waals surface area contributed by atoms with E-state index in [0.29, 0.717) is 13.1 Å². The number of nitrogens with zero attached hydrogens (tertiary/aromatic N) is 2. The van der Waals surface area contributed by atoms with Gasteiger partial charge in [0.15, 0.2) is 0 Å². The van der Waals surface area contributed by atoms with Crippen LogP contribution in [0.4, 0.5) is 4.79 Å². The Hall–Kier alpha value is -2.41. The Labute approximate surface area is 152 Å². The van der Waals surface area contributed by atoms with Crippen molar-refractivity contribution in [3.63, 3.8) is 0 Å². The molecule has 4 amide bonds. The molecule has 0 aromatic heterocycles. The van der Waals surface area contributed by atoms with E-state index in [1.807, 2.05) is 29.2 Å². The summed E-state index contributed by atoms with van der Waals surface area (Å²) in [7, 11) is 0. The monoisotopic (exact) mass is 356 g/mol. The molecule has 4 rings (SSSR count). The van der Waals surface area contributed by atoms with Gasteiger partial charge in [-0.1, -0.05) is 37.1 Å². The standard InChI is InChI=1S/C19H24N4O3/c20-16(24)15-14-6-2-1-5-13(14)7-10-22(15)11-12-23-17(25)19(21-18(23)26)8-3-4-9-19/h1-2,5-6,15H,3-4,7-12H2,(H2,20,24)(H,21,26). The van der Waals surface area contributed by atoms with Crippen LogP contribution in [0.2, 0.25) is 0 Å². The van der Waals surface area contributed by atoms with Crippen LogP contribution in [-0.4, -0.2) is 52.8 Å². The van der Waals surface area contributed by atoms with Crippen molar-refractivity contribution in [3.05, 3.63) is 35.4 Å². The van der Waals surface area contributed by atoms with Crippen LogP contribution >= 0.6 is 0 Å². The Morgan fingerprint density at radius 2 is 1.92 bits per heavy atom. The second kappa shape index (κ2) is 6.39. The number of urea groups is 1. The highest BCUT2D eigenvalue weighted by Gasteiger charge is 2.52. The first-order valence-electron chi connectivity index (χ1n) is 9.27. The van der Waals surface area contributed by atoms with Gasteiger partial charge in [0, 0.05) is 19.6 Å². The first-order chi connectivity index (χ1) is 12.5. The fraction of sp³-hybridized carbons (Fsp3) is 0.526. The van der Waals surface area contributed by atoms with Gasteiger partial charge < -0.3 is 11.1 Å². The Morgan fingerprint density at radius 1 is 1.19 bits per heavy atom. The smallest absolute Gasteiger partial charge is 0.325 e. The summed E-state index contributed by atoms with van der Waals surface area (Å²) in [6, 6.07) is 6.98. The summed E-state index contributed by atoms with van der Waals surface area (Å²) < 4.78 is 0. The van der Waals surface area contributed by atoms with Crippen LogP contribution in [-0.2, 0) is 16.0 Å². The van der Waals surface area contributed by atoms with Crippen LogP contribution in [0.3, 0.4) is 0 Å². The Balaban J connectivity index is 1.48. The predicted octanol–water partition coefficient (Wildman–Crippen LogP) is 0.936. The summed E-state index contributed by atoms with van der Waals surface area (Å²) in [5.41, 5.74) is 7.04. The van der Waals surface area contributed by atoms with Gasteiger partial charge in [-0.3, -0.25) is 19.4 Å². The van der Waals surface area contributed by atoms with E-state index in [2.05, 4.69) is 5.32 Å². The second-order valence-electron chi connectivity index (χ2n) is 7.47. The van der Waals surface area contributed by atoms with Crippen molar-refractivity contribution in [1.82, 2.24) is 15.1 Å². The molecule has 0 radical (unpaired) electrons. The van der Waals surface area contributed by atoms with E-state index >= 15 is 0 Å². The third kappa shape index (κ3) is 2.67. The molecule has 26 heavy (non-hydrogen) atoms. The number of rotatable bonds is 4. The molecule has 2 fully saturated rings. The highest BCUT2D eigenvalue weighted by molar-refractivity contribution is 6.07. The molecule has 0 bridgehead atoms. The Kier molecular flexibility index (Phi) is 4.19. The van der Waals surface area contributed by atoms with Gasteiger partial charge in [0.25, 0.3) is 5.91 Å². The highest BCUT2D eigenvalue weighted by atomic mass is 16.2. The molecule has 1 aromatic rings. The summed E-state index contributed by atoms with van der Waals surface area (Å²) in [5, 5.41) is 2.89. The lowest BCUT2D eigenvalue weighted by molar-refractivity contribution is -0.131. The minimum Gasteiger partial charge on any atom is -0.368 e. The molecule has 2 aliphatic heterocycles. The molecule has 1 spiro atoms. The highest BCUT2D eigenvalue weighted by Crippen LogP contribution is 2.35. The number of nitrogens with one attached hydrogen (secondary N) is 1. The molecule has 1 atom stereocenters. The largest absolute Gasteiger partial charge is 0.368 e. The summed E-state index contributed by atoms with van der Waals surface area (Å²) in [6.07, 6.45) is 4.19. The topological polar surface area (TPSA) is 95.7 Å². The molecule has 7 nitrogen and oxygen atoms in total. The summed E-state index contributed by atoms with van der Waals surface area (Å²) >= 11 is 0. The van der Waals surface area contributed by atoms with Crippen LogP contribution in [0.1, 0.15) is 42.9 Å². The molecule has 2 heterocycles. The summed E-state index contributed by atoms with van der Waals surface area (Å²) in [5.74, 6) is -0.519. The lowest BCUT2D eigenvalue weighted by Gasteiger charge is -2.36. The van der Waals surface area contributed by atoms with Crippen LogP contribution in [0, 0.1) is 0 Å². The Bertz CT molecular complexity index is 757. The lowest BCUT2D eigenvalue weighted by Crippen LogP contribution is -2.47. The van der Waals surface area contributed by atoms with E-state index in [4.69, 9.17) is 5.73 Å². The second-order valence-corrected chi connectivity index (χ2v) is 7.47. The molecule has 1 saturated heterocycles. The number of imide groups is 1. The minimum absolute atomic E-state index is 0.118. The molecule has 7 heteroatoms. The van der Waals surface area contributed by atoms with E-state index in [0.717, 1.165) is 43.2 Å². The Morgan fingerprint density at radius 3 is 2.65 bits per heavy atom. The van der Waals surface area contributed by atoms with Crippen molar-refractivity contribution in [2.24, 2.45) is 5.73 Å². The molecule has 1 saturated carbocycles. The summed E-state index contributed by atoms with van der Waals surface area (Å²) in [6.45, 7) is 1.40. The van der Waals surface area contributed by atoms with E-state index < -0.39 is 17.5 Å². The minimum atomic E-state index is -0.686. The number of carbonyl (C=O) groups is 3. The van der Waals surface area contributed by atoms with Crippen molar-refractivity contribution < 1.29 is 14.4 Å². The zero-order valence-corrected chi connectivity index (χ0v) is 14.7. The molecular formula is C19H24N4O3. The lowest BCUT2D eigenvalue weighted by atomic mass is 9.92. The zero-order valence-electron chi connectivity index (χ0n) is 14.7. The number of fused-ring (bicyclic) bond motifs is 1. The fourth-order valence-electron chi connectivity index (χ4n) is 4.62.